The lowest BCUT2D eigenvalue weighted by Gasteiger charge is -2.40. The topological polar surface area (TPSA) is 29.3 Å². The summed E-state index contributed by atoms with van der Waals surface area (Å²) in [4.78, 5) is 2.64. The Labute approximate surface area is 121 Å². The summed E-state index contributed by atoms with van der Waals surface area (Å²) in [5.74, 6) is 3.14. The maximum atomic E-state index is 6.39. The van der Waals surface area contributed by atoms with Crippen LogP contribution in [0.2, 0.25) is 0 Å². The van der Waals surface area contributed by atoms with Crippen molar-refractivity contribution in [1.82, 2.24) is 4.90 Å². The van der Waals surface area contributed by atoms with Crippen molar-refractivity contribution < 1.29 is 0 Å². The number of nitrogens with zero attached hydrogens (tertiary/aromatic N) is 1. The third-order valence-electron chi connectivity index (χ3n) is 4.82. The summed E-state index contributed by atoms with van der Waals surface area (Å²) in [6.45, 7) is 16.4. The molecule has 3 atom stereocenters. The largest absolute Gasteiger partial charge is 0.327 e. The van der Waals surface area contributed by atoms with Gasteiger partial charge in [0.1, 0.15) is 0 Å². The number of nitrogens with two attached hydrogens (primary N) is 1. The van der Waals surface area contributed by atoms with E-state index in [0.717, 1.165) is 17.8 Å². The molecule has 2 heteroatoms. The van der Waals surface area contributed by atoms with Gasteiger partial charge in [0.25, 0.3) is 0 Å². The van der Waals surface area contributed by atoms with Gasteiger partial charge in [0.15, 0.2) is 0 Å². The highest BCUT2D eigenvalue weighted by atomic mass is 15.1. The van der Waals surface area contributed by atoms with Gasteiger partial charge < -0.3 is 10.6 Å². The molecule has 0 heterocycles. The van der Waals surface area contributed by atoms with Gasteiger partial charge in [0.2, 0.25) is 0 Å². The van der Waals surface area contributed by atoms with Gasteiger partial charge in [-0.15, -0.1) is 0 Å². The van der Waals surface area contributed by atoms with Gasteiger partial charge in [0, 0.05) is 25.2 Å². The summed E-state index contributed by atoms with van der Waals surface area (Å²) >= 11 is 0. The Balaban J connectivity index is 2.60. The first-order valence-corrected chi connectivity index (χ1v) is 8.30. The van der Waals surface area contributed by atoms with E-state index < -0.39 is 0 Å². The van der Waals surface area contributed by atoms with Crippen molar-refractivity contribution in [2.24, 2.45) is 29.4 Å². The van der Waals surface area contributed by atoms with E-state index in [1.54, 1.807) is 0 Å². The molecule has 3 unspecified atom stereocenters. The fourth-order valence-corrected chi connectivity index (χ4v) is 3.41. The fourth-order valence-electron chi connectivity index (χ4n) is 3.41. The summed E-state index contributed by atoms with van der Waals surface area (Å²) in [7, 11) is 0. The van der Waals surface area contributed by atoms with Crippen molar-refractivity contribution in [2.45, 2.75) is 72.9 Å². The highest BCUT2D eigenvalue weighted by Crippen LogP contribution is 2.33. The second-order valence-electron chi connectivity index (χ2n) is 7.68. The van der Waals surface area contributed by atoms with Crippen LogP contribution in [0.25, 0.3) is 0 Å². The normalized spacial score (nSPS) is 28.9. The van der Waals surface area contributed by atoms with Gasteiger partial charge in [-0.1, -0.05) is 27.7 Å². The molecule has 1 saturated carbocycles. The molecule has 0 aliphatic heterocycles. The van der Waals surface area contributed by atoms with E-state index in [1.807, 2.05) is 0 Å². The Bertz CT molecular complexity index is 248. The van der Waals surface area contributed by atoms with Crippen LogP contribution in [-0.2, 0) is 0 Å². The molecule has 0 bridgehead atoms. The van der Waals surface area contributed by atoms with E-state index >= 15 is 0 Å². The lowest BCUT2D eigenvalue weighted by atomic mass is 9.73. The van der Waals surface area contributed by atoms with Gasteiger partial charge >= 0.3 is 0 Å². The minimum atomic E-state index is 0.420. The molecule has 0 aromatic heterocycles. The highest BCUT2D eigenvalue weighted by molar-refractivity contribution is 4.86. The van der Waals surface area contributed by atoms with Crippen molar-refractivity contribution >= 4 is 0 Å². The van der Waals surface area contributed by atoms with E-state index in [0.29, 0.717) is 18.0 Å². The lowest BCUT2D eigenvalue weighted by Crippen LogP contribution is -2.46. The van der Waals surface area contributed by atoms with Gasteiger partial charge in [0.05, 0.1) is 0 Å². The highest BCUT2D eigenvalue weighted by Gasteiger charge is 2.31. The molecular formula is C17H36N2. The Morgan fingerprint density at radius 1 is 1.05 bits per heavy atom. The molecule has 19 heavy (non-hydrogen) atoms. The summed E-state index contributed by atoms with van der Waals surface area (Å²) < 4.78 is 0. The minimum absolute atomic E-state index is 0.420. The third kappa shape index (κ3) is 5.43. The molecule has 2 N–H and O–H groups in total. The van der Waals surface area contributed by atoms with Crippen LogP contribution >= 0.6 is 0 Å². The quantitative estimate of drug-likeness (QED) is 0.795. The van der Waals surface area contributed by atoms with Crippen LogP contribution in [0.1, 0.15) is 60.8 Å². The first-order chi connectivity index (χ1) is 8.81. The zero-order valence-electron chi connectivity index (χ0n) is 14.0. The predicted octanol–water partition coefficient (Wildman–Crippen LogP) is 3.75. The first-order valence-electron chi connectivity index (χ1n) is 8.30. The average molecular weight is 268 g/mol. The molecule has 0 aromatic carbocycles. The summed E-state index contributed by atoms with van der Waals surface area (Å²) in [6.07, 6.45) is 3.89. The van der Waals surface area contributed by atoms with Crippen LogP contribution in [0.4, 0.5) is 0 Å². The van der Waals surface area contributed by atoms with E-state index in [9.17, 15) is 0 Å². The smallest absolute Gasteiger partial charge is 0.00795 e. The van der Waals surface area contributed by atoms with Crippen LogP contribution in [0.5, 0.6) is 0 Å². The van der Waals surface area contributed by atoms with E-state index in [2.05, 4.69) is 46.4 Å². The molecular weight excluding hydrogens is 232 g/mol. The molecule has 0 radical (unpaired) electrons. The van der Waals surface area contributed by atoms with Gasteiger partial charge in [-0.25, -0.2) is 0 Å². The van der Waals surface area contributed by atoms with Crippen LogP contribution in [0.3, 0.4) is 0 Å². The third-order valence-corrected chi connectivity index (χ3v) is 4.82. The standard InChI is InChI=1S/C17H36N2/c1-12(2)10-19(14(5)6)11-16-9-15(13(3)4)7-8-17(16)18/h12-17H,7-11,18H2,1-6H3. The van der Waals surface area contributed by atoms with Crippen molar-refractivity contribution in [3.63, 3.8) is 0 Å². The number of rotatable bonds is 6. The van der Waals surface area contributed by atoms with Crippen LogP contribution < -0.4 is 5.73 Å². The maximum Gasteiger partial charge on any atom is 0.00795 e. The lowest BCUT2D eigenvalue weighted by molar-refractivity contribution is 0.110. The molecule has 2 nitrogen and oxygen atoms in total. The van der Waals surface area contributed by atoms with Crippen LogP contribution in [-0.4, -0.2) is 30.1 Å². The van der Waals surface area contributed by atoms with Gasteiger partial charge in [-0.05, 0) is 56.8 Å². The molecule has 114 valence electrons. The molecule has 1 rings (SSSR count). The summed E-state index contributed by atoms with van der Waals surface area (Å²) in [5.41, 5.74) is 6.39. The number of hydrogen-bond acceptors (Lipinski definition) is 2. The summed E-state index contributed by atoms with van der Waals surface area (Å²) in [5, 5.41) is 0. The van der Waals surface area contributed by atoms with Crippen molar-refractivity contribution in [3.05, 3.63) is 0 Å². The van der Waals surface area contributed by atoms with E-state index in [1.165, 1.54) is 32.4 Å². The van der Waals surface area contributed by atoms with Crippen molar-refractivity contribution in [3.8, 4) is 0 Å². The van der Waals surface area contributed by atoms with Crippen molar-refractivity contribution in [2.75, 3.05) is 13.1 Å². The number of hydrogen-bond donors (Lipinski definition) is 1. The second-order valence-corrected chi connectivity index (χ2v) is 7.68. The molecule has 1 aliphatic carbocycles. The molecule has 0 aromatic rings. The second kappa shape index (κ2) is 7.64. The Morgan fingerprint density at radius 2 is 1.68 bits per heavy atom. The monoisotopic (exact) mass is 268 g/mol. The minimum Gasteiger partial charge on any atom is -0.327 e. The molecule has 0 spiro atoms. The average Bonchev–Trinajstić information content (AvgIpc) is 2.29. The molecule has 1 aliphatic rings. The Hall–Kier alpha value is -0.0800. The van der Waals surface area contributed by atoms with Crippen molar-refractivity contribution in [1.29, 1.82) is 0 Å². The first kappa shape index (κ1) is 17.0. The molecule has 0 saturated heterocycles. The SMILES string of the molecule is CC(C)CN(CC1CC(C(C)C)CCC1N)C(C)C. The van der Waals surface area contributed by atoms with Gasteiger partial charge in [-0.2, -0.15) is 0 Å². The molecule has 1 fully saturated rings. The van der Waals surface area contributed by atoms with Crippen LogP contribution in [0, 0.1) is 23.7 Å². The predicted molar refractivity (Wildman–Crippen MR) is 85.2 cm³/mol. The zero-order chi connectivity index (χ0) is 14.6. The zero-order valence-corrected chi connectivity index (χ0v) is 14.0. The molecule has 0 amide bonds. The Kier molecular flexibility index (Phi) is 6.82. The van der Waals surface area contributed by atoms with Crippen LogP contribution in [0.15, 0.2) is 0 Å². The van der Waals surface area contributed by atoms with E-state index in [4.69, 9.17) is 5.73 Å². The maximum absolute atomic E-state index is 6.39. The fraction of sp³-hybridized carbons (Fsp3) is 1.00. The van der Waals surface area contributed by atoms with Gasteiger partial charge in [-0.3, -0.25) is 0 Å². The summed E-state index contributed by atoms with van der Waals surface area (Å²) in [6, 6.07) is 1.05. The Morgan fingerprint density at radius 3 is 2.16 bits per heavy atom. The van der Waals surface area contributed by atoms with E-state index in [-0.39, 0.29) is 0 Å².